The molecule has 1 aromatic rings. The summed E-state index contributed by atoms with van der Waals surface area (Å²) in [6, 6.07) is 5.17. The van der Waals surface area contributed by atoms with Crippen LogP contribution >= 0.6 is 11.8 Å². The van der Waals surface area contributed by atoms with Crippen molar-refractivity contribution < 1.29 is 19.1 Å². The lowest BCUT2D eigenvalue weighted by atomic mass is 9.80. The molecule has 6 nitrogen and oxygen atoms in total. The van der Waals surface area contributed by atoms with Crippen LogP contribution in [0.4, 0.5) is 10.5 Å². The molecule has 1 aromatic carbocycles. The van der Waals surface area contributed by atoms with Gasteiger partial charge in [0, 0.05) is 18.3 Å². The maximum Gasteiger partial charge on any atom is 0.328 e. The van der Waals surface area contributed by atoms with E-state index < -0.39 is 23.2 Å². The van der Waals surface area contributed by atoms with Crippen LogP contribution in [-0.4, -0.2) is 47.8 Å². The molecule has 2 amide bonds. The van der Waals surface area contributed by atoms with Gasteiger partial charge >= 0.3 is 5.97 Å². The topological polar surface area (TPSA) is 66.9 Å². The minimum Gasteiger partial charge on any atom is -0.467 e. The number of ether oxygens (including phenoxy) is 1. The quantitative estimate of drug-likeness (QED) is 0.562. The molecule has 0 unspecified atom stereocenters. The number of hydrogen-bond acceptors (Lipinski definition) is 6. The molecule has 2 aliphatic rings. The summed E-state index contributed by atoms with van der Waals surface area (Å²) in [4.78, 5) is 40.2. The Bertz CT molecular complexity index is 877. The van der Waals surface area contributed by atoms with Gasteiger partial charge in [-0.1, -0.05) is 13.0 Å². The Morgan fingerprint density at radius 3 is 2.68 bits per heavy atom. The molecule has 0 spiro atoms. The summed E-state index contributed by atoms with van der Waals surface area (Å²) in [7, 11) is 3.34. The molecule has 0 radical (unpaired) electrons. The third-order valence-electron chi connectivity index (χ3n) is 5.71. The molecule has 150 valence electrons. The fourth-order valence-corrected chi connectivity index (χ4v) is 4.83. The van der Waals surface area contributed by atoms with Gasteiger partial charge in [0.05, 0.1) is 12.0 Å². The predicted molar refractivity (Wildman–Crippen MR) is 111 cm³/mol. The number of thioether (sulfide) groups is 1. The van der Waals surface area contributed by atoms with E-state index in [2.05, 4.69) is 49.6 Å². The fraction of sp³-hybridized carbons (Fsp3) is 0.476. The minimum atomic E-state index is -0.942. The zero-order valence-corrected chi connectivity index (χ0v) is 17.9. The fourth-order valence-electron chi connectivity index (χ4n) is 3.93. The lowest BCUT2D eigenvalue weighted by Crippen LogP contribution is -2.45. The highest BCUT2D eigenvalue weighted by Gasteiger charge is 2.41. The molecule has 2 atom stereocenters. The molecule has 7 heteroatoms. The van der Waals surface area contributed by atoms with E-state index in [1.54, 1.807) is 6.08 Å². The molecule has 0 bridgehead atoms. The van der Waals surface area contributed by atoms with E-state index in [4.69, 9.17) is 0 Å². The van der Waals surface area contributed by atoms with Crippen LogP contribution in [0.5, 0.6) is 0 Å². The number of fused-ring (bicyclic) bond motifs is 1. The second-order valence-electron chi connectivity index (χ2n) is 8.05. The van der Waals surface area contributed by atoms with E-state index in [0.29, 0.717) is 10.8 Å². The Balaban J connectivity index is 1.91. The van der Waals surface area contributed by atoms with Gasteiger partial charge in [-0.2, -0.15) is 0 Å². The monoisotopic (exact) mass is 402 g/mol. The molecule has 1 saturated heterocycles. The van der Waals surface area contributed by atoms with Crippen molar-refractivity contribution in [2.75, 3.05) is 19.1 Å². The first kappa shape index (κ1) is 20.5. The first-order valence-corrected chi connectivity index (χ1v) is 10.1. The van der Waals surface area contributed by atoms with E-state index in [1.165, 1.54) is 25.3 Å². The number of esters is 1. The number of imide groups is 1. The van der Waals surface area contributed by atoms with Gasteiger partial charge in [0.25, 0.3) is 11.1 Å². The van der Waals surface area contributed by atoms with Crippen molar-refractivity contribution in [2.45, 2.75) is 51.6 Å². The van der Waals surface area contributed by atoms with E-state index in [9.17, 15) is 14.4 Å². The largest absolute Gasteiger partial charge is 0.467 e. The van der Waals surface area contributed by atoms with E-state index in [-0.39, 0.29) is 5.54 Å². The van der Waals surface area contributed by atoms with Gasteiger partial charge in [0.15, 0.2) is 0 Å². The van der Waals surface area contributed by atoms with Crippen molar-refractivity contribution in [1.82, 2.24) is 4.90 Å². The number of hydrogen-bond donors (Lipinski definition) is 0. The molecule has 0 aromatic heterocycles. The first-order valence-electron chi connectivity index (χ1n) is 9.29. The van der Waals surface area contributed by atoms with E-state index in [1.807, 2.05) is 6.07 Å². The maximum atomic E-state index is 12.7. The van der Waals surface area contributed by atoms with Crippen molar-refractivity contribution >= 4 is 40.6 Å². The predicted octanol–water partition coefficient (Wildman–Crippen LogP) is 4.01. The van der Waals surface area contributed by atoms with Crippen molar-refractivity contribution in [3.05, 3.63) is 34.2 Å². The van der Waals surface area contributed by atoms with Gasteiger partial charge in [0.1, 0.15) is 6.04 Å². The summed E-state index contributed by atoms with van der Waals surface area (Å²) in [6.07, 6.45) is 2.76. The zero-order chi connectivity index (χ0) is 20.8. The average Bonchev–Trinajstić information content (AvgIpc) is 2.91. The van der Waals surface area contributed by atoms with Crippen LogP contribution < -0.4 is 4.90 Å². The van der Waals surface area contributed by atoms with Crippen molar-refractivity contribution in [3.63, 3.8) is 0 Å². The molecule has 3 rings (SSSR count). The number of amides is 2. The van der Waals surface area contributed by atoms with Gasteiger partial charge in [-0.15, -0.1) is 0 Å². The van der Waals surface area contributed by atoms with Gasteiger partial charge in [0.2, 0.25) is 0 Å². The molecule has 0 aliphatic carbocycles. The van der Waals surface area contributed by atoms with Crippen LogP contribution in [0.3, 0.4) is 0 Å². The van der Waals surface area contributed by atoms with Crippen LogP contribution in [0.25, 0.3) is 6.08 Å². The van der Waals surface area contributed by atoms with Crippen molar-refractivity contribution in [3.8, 4) is 0 Å². The molecule has 0 N–H and O–H groups in total. The van der Waals surface area contributed by atoms with Crippen molar-refractivity contribution in [1.29, 1.82) is 0 Å². The summed E-state index contributed by atoms with van der Waals surface area (Å²) in [5.74, 6) is -0.683. The molecule has 28 heavy (non-hydrogen) atoms. The van der Waals surface area contributed by atoms with Gasteiger partial charge in [-0.25, -0.2) is 4.79 Å². The van der Waals surface area contributed by atoms with Gasteiger partial charge < -0.3 is 9.64 Å². The van der Waals surface area contributed by atoms with Crippen LogP contribution in [0.2, 0.25) is 0 Å². The molecule has 2 heterocycles. The summed E-state index contributed by atoms with van der Waals surface area (Å²) >= 11 is 0.852. The number of nitrogens with zero attached hydrogens (tertiary/aromatic N) is 2. The number of anilines is 1. The lowest BCUT2D eigenvalue weighted by molar-refractivity contribution is -0.148. The zero-order valence-electron chi connectivity index (χ0n) is 17.1. The number of benzene rings is 1. The number of rotatable bonds is 3. The Kier molecular flexibility index (Phi) is 5.32. The second-order valence-corrected chi connectivity index (χ2v) is 9.04. The highest BCUT2D eigenvalue weighted by molar-refractivity contribution is 8.18. The normalized spacial score (nSPS) is 23.8. The lowest BCUT2D eigenvalue weighted by Gasteiger charge is -2.45. The Morgan fingerprint density at radius 1 is 1.36 bits per heavy atom. The van der Waals surface area contributed by atoms with E-state index >= 15 is 0 Å². The first-order chi connectivity index (χ1) is 13.1. The second kappa shape index (κ2) is 7.28. The highest BCUT2D eigenvalue weighted by Crippen LogP contribution is 2.43. The summed E-state index contributed by atoms with van der Waals surface area (Å²) in [5, 5.41) is -0.457. The average molecular weight is 403 g/mol. The van der Waals surface area contributed by atoms with Crippen LogP contribution in [0.15, 0.2) is 23.1 Å². The van der Waals surface area contributed by atoms with Gasteiger partial charge in [-0.3, -0.25) is 14.5 Å². The third-order valence-corrected chi connectivity index (χ3v) is 6.59. The highest BCUT2D eigenvalue weighted by atomic mass is 32.2. The summed E-state index contributed by atoms with van der Waals surface area (Å²) in [6.45, 7) is 8.17. The standard InChI is InChI=1S/C21H26N2O4S/c1-12-11-21(3,4)22(5)16-8-7-14(9-15(12)16)10-17-18(24)23(20(26)28-17)13(2)19(25)27-6/h7-10,12-13H,11H2,1-6H3/b17-10+/t12-,13-/m0/s1. The minimum absolute atomic E-state index is 0.0839. The molecule has 0 saturated carbocycles. The summed E-state index contributed by atoms with van der Waals surface area (Å²) < 4.78 is 4.66. The Hall–Kier alpha value is -2.28. The SMILES string of the molecule is COC(=O)[C@H](C)N1C(=O)S/C(=C/c2ccc3c(c2)[C@@H](C)CC(C)(C)N3C)C1=O. The molecular formula is C21H26N2O4S. The number of carbonyl (C=O) groups is 3. The van der Waals surface area contributed by atoms with Crippen LogP contribution in [0.1, 0.15) is 51.2 Å². The Morgan fingerprint density at radius 2 is 2.04 bits per heavy atom. The summed E-state index contributed by atoms with van der Waals surface area (Å²) in [5.41, 5.74) is 3.38. The number of carbonyl (C=O) groups excluding carboxylic acids is 3. The van der Waals surface area contributed by atoms with Crippen molar-refractivity contribution in [2.24, 2.45) is 0 Å². The third kappa shape index (κ3) is 3.43. The maximum absolute atomic E-state index is 12.7. The van der Waals surface area contributed by atoms with Crippen LogP contribution in [-0.2, 0) is 14.3 Å². The van der Waals surface area contributed by atoms with E-state index in [0.717, 1.165) is 28.6 Å². The molecular weight excluding hydrogens is 376 g/mol. The Labute approximate surface area is 169 Å². The van der Waals surface area contributed by atoms with Crippen LogP contribution in [0, 0.1) is 0 Å². The molecule has 2 aliphatic heterocycles. The number of methoxy groups -OCH3 is 1. The van der Waals surface area contributed by atoms with Gasteiger partial charge in [-0.05, 0) is 74.2 Å². The smallest absolute Gasteiger partial charge is 0.328 e. The molecule has 1 fully saturated rings.